The van der Waals surface area contributed by atoms with Crippen LogP contribution in [0.2, 0.25) is 0 Å². The molecule has 0 bridgehead atoms. The van der Waals surface area contributed by atoms with Gasteiger partial charge in [-0.3, -0.25) is 9.59 Å². The first kappa shape index (κ1) is 21.4. The summed E-state index contributed by atoms with van der Waals surface area (Å²) in [5.41, 5.74) is 3.83. The average molecular weight is 405 g/mol. The molecule has 2 aromatic carbocycles. The zero-order valence-corrected chi connectivity index (χ0v) is 17.8. The molecular formula is C24H28N4O2. The van der Waals surface area contributed by atoms with E-state index in [1.807, 2.05) is 55.5 Å². The van der Waals surface area contributed by atoms with Crippen molar-refractivity contribution in [2.24, 2.45) is 0 Å². The SMILES string of the molecule is CCCc1ccc(C(=O)CCC(=O)N(C)[C@@H](C)c2ccc(-n3cncn3)cc2)cc1. The van der Waals surface area contributed by atoms with Gasteiger partial charge < -0.3 is 4.90 Å². The lowest BCUT2D eigenvalue weighted by molar-refractivity contribution is -0.131. The van der Waals surface area contributed by atoms with Crippen molar-refractivity contribution in [1.82, 2.24) is 19.7 Å². The number of aryl methyl sites for hydroxylation is 1. The van der Waals surface area contributed by atoms with E-state index in [2.05, 4.69) is 17.0 Å². The third-order valence-corrected chi connectivity index (χ3v) is 5.41. The summed E-state index contributed by atoms with van der Waals surface area (Å²) in [6, 6.07) is 15.5. The zero-order chi connectivity index (χ0) is 21.5. The van der Waals surface area contributed by atoms with E-state index in [4.69, 9.17) is 0 Å². The lowest BCUT2D eigenvalue weighted by atomic mass is 10.0. The quantitative estimate of drug-likeness (QED) is 0.496. The van der Waals surface area contributed by atoms with Crippen LogP contribution in [-0.2, 0) is 11.2 Å². The molecule has 0 saturated carbocycles. The van der Waals surface area contributed by atoms with Gasteiger partial charge in [-0.2, -0.15) is 5.10 Å². The van der Waals surface area contributed by atoms with Gasteiger partial charge in [0.2, 0.25) is 5.91 Å². The number of benzene rings is 2. The first-order chi connectivity index (χ1) is 14.5. The highest BCUT2D eigenvalue weighted by Gasteiger charge is 2.19. The van der Waals surface area contributed by atoms with Crippen LogP contribution < -0.4 is 0 Å². The average Bonchev–Trinajstić information content (AvgIpc) is 3.32. The predicted octanol–water partition coefficient (Wildman–Crippen LogP) is 4.40. The molecule has 156 valence electrons. The number of carbonyl (C=O) groups excluding carboxylic acids is 2. The van der Waals surface area contributed by atoms with Crippen LogP contribution in [0.5, 0.6) is 0 Å². The molecule has 6 heteroatoms. The molecule has 6 nitrogen and oxygen atoms in total. The lowest BCUT2D eigenvalue weighted by Gasteiger charge is -2.25. The van der Waals surface area contributed by atoms with Crippen LogP contribution in [0.25, 0.3) is 5.69 Å². The Morgan fingerprint density at radius 3 is 2.33 bits per heavy atom. The van der Waals surface area contributed by atoms with Crippen molar-refractivity contribution in [2.45, 2.75) is 45.6 Å². The Bertz CT molecular complexity index is 963. The minimum Gasteiger partial charge on any atom is -0.339 e. The normalized spacial score (nSPS) is 11.8. The first-order valence-electron chi connectivity index (χ1n) is 10.3. The van der Waals surface area contributed by atoms with Crippen molar-refractivity contribution in [3.05, 3.63) is 77.9 Å². The van der Waals surface area contributed by atoms with Gasteiger partial charge in [0.05, 0.1) is 11.7 Å². The lowest BCUT2D eigenvalue weighted by Crippen LogP contribution is -2.29. The highest BCUT2D eigenvalue weighted by Crippen LogP contribution is 2.21. The third-order valence-electron chi connectivity index (χ3n) is 5.41. The van der Waals surface area contributed by atoms with Crippen molar-refractivity contribution in [1.29, 1.82) is 0 Å². The van der Waals surface area contributed by atoms with Crippen LogP contribution in [-0.4, -0.2) is 38.4 Å². The molecule has 3 rings (SSSR count). The highest BCUT2D eigenvalue weighted by atomic mass is 16.2. The van der Waals surface area contributed by atoms with Gasteiger partial charge in [0, 0.05) is 25.5 Å². The standard InChI is InChI=1S/C24H28N4O2/c1-4-5-19-6-8-21(9-7-19)23(29)14-15-24(30)27(3)18(2)20-10-12-22(13-11-20)28-17-25-16-26-28/h6-13,16-18H,4-5,14-15H2,1-3H3/t18-/m0/s1. The number of hydrogen-bond donors (Lipinski definition) is 0. The molecule has 30 heavy (non-hydrogen) atoms. The van der Waals surface area contributed by atoms with Crippen molar-refractivity contribution in [2.75, 3.05) is 7.05 Å². The summed E-state index contributed by atoms with van der Waals surface area (Å²) in [5.74, 6) is -0.0385. The summed E-state index contributed by atoms with van der Waals surface area (Å²) >= 11 is 0. The van der Waals surface area contributed by atoms with Gasteiger partial charge in [-0.05, 0) is 36.6 Å². The fourth-order valence-corrected chi connectivity index (χ4v) is 3.37. The molecular weight excluding hydrogens is 376 g/mol. The van der Waals surface area contributed by atoms with E-state index in [1.165, 1.54) is 11.9 Å². The molecule has 3 aromatic rings. The summed E-state index contributed by atoms with van der Waals surface area (Å²) in [6.07, 6.45) is 5.64. The molecule has 0 fully saturated rings. The Morgan fingerprint density at radius 1 is 1.03 bits per heavy atom. The van der Waals surface area contributed by atoms with E-state index >= 15 is 0 Å². The van der Waals surface area contributed by atoms with E-state index in [0.717, 1.165) is 24.1 Å². The molecule has 0 spiro atoms. The number of amides is 1. The van der Waals surface area contributed by atoms with E-state index < -0.39 is 0 Å². The van der Waals surface area contributed by atoms with Gasteiger partial charge in [-0.15, -0.1) is 0 Å². The molecule has 0 aliphatic heterocycles. The molecule has 1 amide bonds. The molecule has 0 N–H and O–H groups in total. The maximum Gasteiger partial charge on any atom is 0.223 e. The molecule has 0 radical (unpaired) electrons. The highest BCUT2D eigenvalue weighted by molar-refractivity contribution is 5.98. The summed E-state index contributed by atoms with van der Waals surface area (Å²) in [6.45, 7) is 4.12. The van der Waals surface area contributed by atoms with Gasteiger partial charge in [0.15, 0.2) is 5.78 Å². The number of Topliss-reactive ketones (excluding diaryl/α,β-unsaturated/α-hetero) is 1. The Labute approximate surface area is 177 Å². The Morgan fingerprint density at radius 2 is 1.73 bits per heavy atom. The van der Waals surface area contributed by atoms with Gasteiger partial charge in [-0.1, -0.05) is 49.7 Å². The van der Waals surface area contributed by atoms with E-state index in [1.54, 1.807) is 23.0 Å². The van der Waals surface area contributed by atoms with Gasteiger partial charge in [0.25, 0.3) is 0 Å². The molecule has 0 aliphatic rings. The van der Waals surface area contributed by atoms with Gasteiger partial charge in [-0.25, -0.2) is 9.67 Å². The summed E-state index contributed by atoms with van der Waals surface area (Å²) in [5, 5.41) is 4.11. The van der Waals surface area contributed by atoms with Crippen LogP contribution in [0, 0.1) is 0 Å². The second-order valence-corrected chi connectivity index (χ2v) is 7.48. The minimum absolute atomic E-state index is 0.00429. The molecule has 1 heterocycles. The number of aromatic nitrogens is 3. The van der Waals surface area contributed by atoms with Crippen LogP contribution in [0.15, 0.2) is 61.2 Å². The van der Waals surface area contributed by atoms with Crippen LogP contribution in [0.3, 0.4) is 0 Å². The van der Waals surface area contributed by atoms with Gasteiger partial charge in [0.1, 0.15) is 12.7 Å². The van der Waals surface area contributed by atoms with E-state index in [9.17, 15) is 9.59 Å². The maximum absolute atomic E-state index is 12.6. The number of nitrogens with zero attached hydrogens (tertiary/aromatic N) is 4. The largest absolute Gasteiger partial charge is 0.339 e. The van der Waals surface area contributed by atoms with Crippen molar-refractivity contribution in [3.8, 4) is 5.69 Å². The Kier molecular flexibility index (Phi) is 7.12. The second-order valence-electron chi connectivity index (χ2n) is 7.48. The van der Waals surface area contributed by atoms with E-state index in [-0.39, 0.29) is 30.6 Å². The monoisotopic (exact) mass is 404 g/mol. The maximum atomic E-state index is 12.6. The summed E-state index contributed by atoms with van der Waals surface area (Å²) < 4.78 is 1.68. The van der Waals surface area contributed by atoms with E-state index in [0.29, 0.717) is 5.56 Å². The third kappa shape index (κ3) is 5.20. The minimum atomic E-state index is -0.0919. The number of carbonyl (C=O) groups is 2. The van der Waals surface area contributed by atoms with Crippen molar-refractivity contribution in [3.63, 3.8) is 0 Å². The number of ketones is 1. The molecule has 1 aromatic heterocycles. The first-order valence-corrected chi connectivity index (χ1v) is 10.3. The smallest absolute Gasteiger partial charge is 0.223 e. The van der Waals surface area contributed by atoms with Crippen molar-refractivity contribution < 1.29 is 9.59 Å². The molecule has 0 aliphatic carbocycles. The number of hydrogen-bond acceptors (Lipinski definition) is 4. The molecule has 0 unspecified atom stereocenters. The van der Waals surface area contributed by atoms with Gasteiger partial charge >= 0.3 is 0 Å². The molecule has 0 saturated heterocycles. The fraction of sp³-hybridized carbons (Fsp3) is 0.333. The van der Waals surface area contributed by atoms with Crippen LogP contribution >= 0.6 is 0 Å². The van der Waals surface area contributed by atoms with Crippen LogP contribution in [0.1, 0.15) is 60.6 Å². The Hall–Kier alpha value is -3.28. The van der Waals surface area contributed by atoms with Crippen LogP contribution in [0.4, 0.5) is 0 Å². The number of rotatable bonds is 9. The second kappa shape index (κ2) is 9.96. The fourth-order valence-electron chi connectivity index (χ4n) is 3.37. The summed E-state index contributed by atoms with van der Waals surface area (Å²) in [7, 11) is 1.78. The van der Waals surface area contributed by atoms with Crippen molar-refractivity contribution >= 4 is 11.7 Å². The Balaban J connectivity index is 1.55. The molecule has 1 atom stereocenters. The zero-order valence-electron chi connectivity index (χ0n) is 17.8. The predicted molar refractivity (Wildman–Crippen MR) is 117 cm³/mol. The topological polar surface area (TPSA) is 68.1 Å². The summed E-state index contributed by atoms with van der Waals surface area (Å²) in [4.78, 5) is 30.7.